The van der Waals surface area contributed by atoms with Crippen LogP contribution in [0.4, 0.5) is 5.13 Å². The van der Waals surface area contributed by atoms with Crippen LogP contribution in [0.5, 0.6) is 5.75 Å². The molecule has 0 aliphatic heterocycles. The van der Waals surface area contributed by atoms with Crippen LogP contribution in [-0.4, -0.2) is 22.7 Å². The molecule has 0 bridgehead atoms. The molecule has 1 fully saturated rings. The zero-order chi connectivity index (χ0) is 16.9. The number of nitrogens with one attached hydrogen (secondary N) is 1. The van der Waals surface area contributed by atoms with E-state index >= 15 is 0 Å². The van der Waals surface area contributed by atoms with Gasteiger partial charge in [-0.25, -0.2) is 0 Å². The predicted molar refractivity (Wildman–Crippen MR) is 99.0 cm³/mol. The van der Waals surface area contributed by atoms with Crippen molar-refractivity contribution in [3.8, 4) is 5.75 Å². The topological polar surface area (TPSA) is 64.1 Å². The highest BCUT2D eigenvalue weighted by Gasteiger charge is 2.20. The van der Waals surface area contributed by atoms with Crippen LogP contribution < -0.4 is 10.1 Å². The predicted octanol–water partition coefficient (Wildman–Crippen LogP) is 5.02. The second-order valence-electron chi connectivity index (χ2n) is 5.69. The first-order chi connectivity index (χ1) is 11.6. The molecule has 0 radical (unpaired) electrons. The number of rotatable bonds is 5. The summed E-state index contributed by atoms with van der Waals surface area (Å²) in [6, 6.07) is 5.14. The molecule has 0 atom stereocenters. The maximum atomic E-state index is 12.0. The maximum Gasteiger partial charge on any atom is 0.264 e. The minimum Gasteiger partial charge on any atom is -0.483 e. The third-order valence-electron chi connectivity index (χ3n) is 3.89. The Morgan fingerprint density at radius 1 is 1.33 bits per heavy atom. The van der Waals surface area contributed by atoms with Crippen molar-refractivity contribution in [3.05, 3.63) is 32.7 Å². The highest BCUT2D eigenvalue weighted by molar-refractivity contribution is 9.10. The normalized spacial score (nSPS) is 15.2. The molecule has 1 amide bonds. The first kappa shape index (κ1) is 17.6. The third kappa shape index (κ3) is 4.68. The van der Waals surface area contributed by atoms with Crippen molar-refractivity contribution in [2.45, 2.75) is 38.0 Å². The first-order valence-electron chi connectivity index (χ1n) is 7.83. The summed E-state index contributed by atoms with van der Waals surface area (Å²) in [6.07, 6.45) is 6.12. The van der Waals surface area contributed by atoms with Crippen molar-refractivity contribution in [3.63, 3.8) is 0 Å². The van der Waals surface area contributed by atoms with Crippen LogP contribution in [0.3, 0.4) is 0 Å². The molecule has 1 aliphatic rings. The van der Waals surface area contributed by atoms with Gasteiger partial charge in [0.2, 0.25) is 5.13 Å². The van der Waals surface area contributed by atoms with E-state index in [2.05, 4.69) is 31.4 Å². The number of nitrogens with zero attached hydrogens (tertiary/aromatic N) is 2. The largest absolute Gasteiger partial charge is 0.483 e. The van der Waals surface area contributed by atoms with Crippen LogP contribution in [0.15, 0.2) is 22.7 Å². The van der Waals surface area contributed by atoms with Gasteiger partial charge in [0.1, 0.15) is 10.8 Å². The smallest absolute Gasteiger partial charge is 0.264 e. The van der Waals surface area contributed by atoms with Crippen LogP contribution in [0.1, 0.15) is 43.0 Å². The molecule has 1 saturated carbocycles. The van der Waals surface area contributed by atoms with E-state index in [9.17, 15) is 4.79 Å². The number of amides is 1. The van der Waals surface area contributed by atoms with E-state index in [0.29, 0.717) is 26.3 Å². The van der Waals surface area contributed by atoms with Crippen molar-refractivity contribution in [1.82, 2.24) is 10.2 Å². The van der Waals surface area contributed by atoms with Crippen LogP contribution in [-0.2, 0) is 4.79 Å². The Kier molecular flexibility index (Phi) is 6.08. The zero-order valence-corrected chi connectivity index (χ0v) is 16.1. The van der Waals surface area contributed by atoms with Gasteiger partial charge >= 0.3 is 0 Å². The number of aromatic nitrogens is 2. The number of halogens is 2. The van der Waals surface area contributed by atoms with Crippen LogP contribution in [0.2, 0.25) is 5.02 Å². The number of ether oxygens (including phenoxy) is 1. The molecule has 1 N–H and O–H groups in total. The van der Waals surface area contributed by atoms with Gasteiger partial charge in [-0.1, -0.05) is 42.2 Å². The molecular formula is C16H17BrClN3O2S. The van der Waals surface area contributed by atoms with Gasteiger partial charge in [-0.15, -0.1) is 10.2 Å². The van der Waals surface area contributed by atoms with E-state index < -0.39 is 0 Å². The molecule has 24 heavy (non-hydrogen) atoms. The molecule has 5 nitrogen and oxygen atoms in total. The lowest BCUT2D eigenvalue weighted by Crippen LogP contribution is -2.20. The summed E-state index contributed by atoms with van der Waals surface area (Å²) < 4.78 is 6.19. The molecule has 1 aliphatic carbocycles. The Balaban J connectivity index is 1.52. The average molecular weight is 431 g/mol. The monoisotopic (exact) mass is 429 g/mol. The van der Waals surface area contributed by atoms with Crippen molar-refractivity contribution >= 4 is 49.9 Å². The molecule has 3 rings (SSSR count). The summed E-state index contributed by atoms with van der Waals surface area (Å²) in [5, 5.41) is 13.2. The van der Waals surface area contributed by atoms with Gasteiger partial charge in [0.15, 0.2) is 6.61 Å². The molecule has 1 heterocycles. The number of hydrogen-bond donors (Lipinski definition) is 1. The first-order valence-corrected chi connectivity index (χ1v) is 9.81. The van der Waals surface area contributed by atoms with Crippen molar-refractivity contribution in [2.24, 2.45) is 0 Å². The Morgan fingerprint density at radius 3 is 2.88 bits per heavy atom. The summed E-state index contributed by atoms with van der Waals surface area (Å²) in [4.78, 5) is 12.0. The van der Waals surface area contributed by atoms with E-state index in [1.807, 2.05) is 0 Å². The van der Waals surface area contributed by atoms with E-state index in [0.717, 1.165) is 17.8 Å². The number of anilines is 1. The molecule has 1 aromatic carbocycles. The lowest BCUT2D eigenvalue weighted by molar-refractivity contribution is -0.118. The van der Waals surface area contributed by atoms with Gasteiger partial charge < -0.3 is 4.74 Å². The van der Waals surface area contributed by atoms with Crippen molar-refractivity contribution < 1.29 is 9.53 Å². The van der Waals surface area contributed by atoms with Crippen molar-refractivity contribution in [2.75, 3.05) is 11.9 Å². The minimum atomic E-state index is -0.261. The maximum absolute atomic E-state index is 12.0. The average Bonchev–Trinajstić information content (AvgIpc) is 3.03. The number of hydrogen-bond acceptors (Lipinski definition) is 5. The molecule has 1 aromatic heterocycles. The van der Waals surface area contributed by atoms with Gasteiger partial charge in [0.05, 0.1) is 4.47 Å². The Labute approximate surface area is 157 Å². The molecule has 0 unspecified atom stereocenters. The Morgan fingerprint density at radius 2 is 2.12 bits per heavy atom. The summed E-state index contributed by atoms with van der Waals surface area (Å²) in [6.45, 7) is -0.0986. The fourth-order valence-corrected chi connectivity index (χ4v) is 4.42. The second-order valence-corrected chi connectivity index (χ2v) is 7.99. The lowest BCUT2D eigenvalue weighted by atomic mass is 9.90. The van der Waals surface area contributed by atoms with Gasteiger partial charge in [-0.05, 0) is 47.0 Å². The molecule has 128 valence electrons. The minimum absolute atomic E-state index is 0.0986. The highest BCUT2D eigenvalue weighted by atomic mass is 79.9. The Bertz CT molecular complexity index is 719. The van der Waals surface area contributed by atoms with Gasteiger partial charge in [-0.2, -0.15) is 0 Å². The van der Waals surface area contributed by atoms with Crippen LogP contribution in [0, 0.1) is 0 Å². The zero-order valence-electron chi connectivity index (χ0n) is 12.9. The number of carbonyl (C=O) groups is 1. The van der Waals surface area contributed by atoms with Gasteiger partial charge in [0.25, 0.3) is 5.91 Å². The fraction of sp³-hybridized carbons (Fsp3) is 0.438. The summed E-state index contributed by atoms with van der Waals surface area (Å²) >= 11 is 10.7. The van der Waals surface area contributed by atoms with Gasteiger partial charge in [0, 0.05) is 10.9 Å². The summed E-state index contributed by atoms with van der Waals surface area (Å²) in [5.41, 5.74) is 0. The molecule has 2 aromatic rings. The highest BCUT2D eigenvalue weighted by Crippen LogP contribution is 2.35. The van der Waals surface area contributed by atoms with E-state index in [1.54, 1.807) is 18.2 Å². The number of carbonyl (C=O) groups excluding carboxylic acids is 1. The lowest BCUT2D eigenvalue weighted by Gasteiger charge is -2.18. The van der Waals surface area contributed by atoms with Crippen LogP contribution >= 0.6 is 38.9 Å². The van der Waals surface area contributed by atoms with E-state index in [4.69, 9.17) is 16.3 Å². The third-order valence-corrected chi connectivity index (χ3v) is 5.75. The quantitative estimate of drug-likeness (QED) is 0.723. The van der Waals surface area contributed by atoms with Crippen molar-refractivity contribution in [1.29, 1.82) is 0 Å². The fourth-order valence-electron chi connectivity index (χ4n) is 2.69. The molecule has 0 saturated heterocycles. The van der Waals surface area contributed by atoms with E-state index in [1.165, 1.54) is 30.6 Å². The second kappa shape index (κ2) is 8.27. The standard InChI is InChI=1S/C16H17BrClN3O2S/c17-12-8-11(18)6-7-13(12)23-9-14(22)19-16-21-20-15(24-16)10-4-2-1-3-5-10/h6-8,10H,1-5,9H2,(H,19,21,22). The van der Waals surface area contributed by atoms with Gasteiger partial charge in [-0.3, -0.25) is 10.1 Å². The van der Waals surface area contributed by atoms with Crippen LogP contribution in [0.25, 0.3) is 0 Å². The summed E-state index contributed by atoms with van der Waals surface area (Å²) in [7, 11) is 0. The summed E-state index contributed by atoms with van der Waals surface area (Å²) in [5.74, 6) is 0.793. The SMILES string of the molecule is O=C(COc1ccc(Cl)cc1Br)Nc1nnc(C2CCCCC2)s1. The molecular weight excluding hydrogens is 414 g/mol. The number of benzene rings is 1. The Hall–Kier alpha value is -1.18. The molecule has 8 heteroatoms. The molecule has 0 spiro atoms. The van der Waals surface area contributed by atoms with E-state index in [-0.39, 0.29) is 12.5 Å².